The SMILES string of the molecule is COC1=C(OC)CC2CCN(C)C(O)C2=C1. The molecule has 16 heavy (non-hydrogen) atoms. The average Bonchev–Trinajstić information content (AvgIpc) is 2.32. The lowest BCUT2D eigenvalue weighted by Crippen LogP contribution is -2.42. The molecule has 0 aromatic rings. The van der Waals surface area contributed by atoms with Crippen LogP contribution in [0.2, 0.25) is 0 Å². The zero-order valence-corrected chi connectivity index (χ0v) is 10.1. The molecule has 0 bridgehead atoms. The molecular formula is C12H19NO3. The van der Waals surface area contributed by atoms with Gasteiger partial charge in [0.1, 0.15) is 12.0 Å². The normalized spacial score (nSPS) is 30.9. The number of piperidine rings is 1. The third-order valence-electron chi connectivity index (χ3n) is 3.49. The highest BCUT2D eigenvalue weighted by Gasteiger charge is 2.34. The van der Waals surface area contributed by atoms with Crippen LogP contribution in [0.25, 0.3) is 0 Å². The van der Waals surface area contributed by atoms with Crippen LogP contribution in [0.15, 0.2) is 23.2 Å². The number of likely N-dealkylation sites (N-methyl/N-ethyl adjacent to an activating group) is 1. The van der Waals surface area contributed by atoms with Crippen molar-refractivity contribution in [3.8, 4) is 0 Å². The molecule has 0 saturated carbocycles. The van der Waals surface area contributed by atoms with E-state index in [9.17, 15) is 5.11 Å². The van der Waals surface area contributed by atoms with E-state index in [4.69, 9.17) is 9.47 Å². The topological polar surface area (TPSA) is 41.9 Å². The van der Waals surface area contributed by atoms with Crippen LogP contribution in [-0.2, 0) is 9.47 Å². The molecule has 1 aliphatic carbocycles. The van der Waals surface area contributed by atoms with Gasteiger partial charge in [0.2, 0.25) is 0 Å². The number of hydrogen-bond acceptors (Lipinski definition) is 4. The molecule has 1 heterocycles. The predicted octanol–water partition coefficient (Wildman–Crippen LogP) is 1.09. The summed E-state index contributed by atoms with van der Waals surface area (Å²) in [7, 11) is 5.23. The molecule has 90 valence electrons. The monoisotopic (exact) mass is 225 g/mol. The molecule has 1 N–H and O–H groups in total. The number of allylic oxidation sites excluding steroid dienone is 2. The van der Waals surface area contributed by atoms with Crippen molar-refractivity contribution in [2.75, 3.05) is 27.8 Å². The van der Waals surface area contributed by atoms with Gasteiger partial charge in [-0.3, -0.25) is 4.90 Å². The van der Waals surface area contributed by atoms with Gasteiger partial charge in [-0.2, -0.15) is 0 Å². The summed E-state index contributed by atoms with van der Waals surface area (Å²) in [5.41, 5.74) is 1.05. The number of fused-ring (bicyclic) bond motifs is 1. The van der Waals surface area contributed by atoms with Crippen LogP contribution in [0.5, 0.6) is 0 Å². The number of likely N-dealkylation sites (tertiary alicyclic amines) is 1. The van der Waals surface area contributed by atoms with E-state index in [0.29, 0.717) is 5.92 Å². The molecule has 4 nitrogen and oxygen atoms in total. The fraction of sp³-hybridized carbons (Fsp3) is 0.667. The van der Waals surface area contributed by atoms with Gasteiger partial charge in [-0.05, 0) is 31.0 Å². The molecule has 1 saturated heterocycles. The van der Waals surface area contributed by atoms with E-state index >= 15 is 0 Å². The van der Waals surface area contributed by atoms with Gasteiger partial charge in [0.25, 0.3) is 0 Å². The van der Waals surface area contributed by atoms with E-state index < -0.39 is 6.23 Å². The summed E-state index contributed by atoms with van der Waals surface area (Å²) in [4.78, 5) is 1.95. The number of ether oxygens (including phenoxy) is 2. The largest absolute Gasteiger partial charge is 0.497 e. The van der Waals surface area contributed by atoms with E-state index in [0.717, 1.165) is 36.5 Å². The van der Waals surface area contributed by atoms with Gasteiger partial charge in [-0.1, -0.05) is 0 Å². The molecule has 2 aliphatic rings. The Hall–Kier alpha value is -1.00. The Kier molecular flexibility index (Phi) is 3.21. The summed E-state index contributed by atoms with van der Waals surface area (Å²) >= 11 is 0. The highest BCUT2D eigenvalue weighted by molar-refractivity contribution is 5.32. The van der Waals surface area contributed by atoms with Crippen molar-refractivity contribution in [2.24, 2.45) is 5.92 Å². The zero-order valence-electron chi connectivity index (χ0n) is 10.1. The Balaban J connectivity index is 2.30. The summed E-state index contributed by atoms with van der Waals surface area (Å²) in [5.74, 6) is 2.01. The molecule has 2 unspecified atom stereocenters. The van der Waals surface area contributed by atoms with Crippen molar-refractivity contribution in [1.82, 2.24) is 4.90 Å². The minimum atomic E-state index is -0.484. The van der Waals surface area contributed by atoms with Crippen molar-refractivity contribution < 1.29 is 14.6 Å². The van der Waals surface area contributed by atoms with Gasteiger partial charge in [0.15, 0.2) is 5.76 Å². The fourth-order valence-corrected chi connectivity index (χ4v) is 2.44. The van der Waals surface area contributed by atoms with Gasteiger partial charge >= 0.3 is 0 Å². The maximum Gasteiger partial charge on any atom is 0.156 e. The van der Waals surface area contributed by atoms with Crippen molar-refractivity contribution >= 4 is 0 Å². The van der Waals surface area contributed by atoms with Gasteiger partial charge in [-0.25, -0.2) is 0 Å². The number of hydrogen-bond donors (Lipinski definition) is 1. The van der Waals surface area contributed by atoms with Crippen LogP contribution >= 0.6 is 0 Å². The highest BCUT2D eigenvalue weighted by Crippen LogP contribution is 2.37. The summed E-state index contributed by atoms with van der Waals surface area (Å²) in [5, 5.41) is 10.1. The third kappa shape index (κ3) is 1.83. The number of aliphatic hydroxyl groups is 1. The first-order valence-corrected chi connectivity index (χ1v) is 5.58. The van der Waals surface area contributed by atoms with E-state index in [1.54, 1.807) is 14.2 Å². The molecule has 2 rings (SSSR count). The molecule has 2 atom stereocenters. The molecular weight excluding hydrogens is 206 g/mol. The molecule has 1 aliphatic heterocycles. The van der Waals surface area contributed by atoms with Gasteiger partial charge in [-0.15, -0.1) is 0 Å². The summed E-state index contributed by atoms with van der Waals surface area (Å²) < 4.78 is 10.6. The minimum Gasteiger partial charge on any atom is -0.497 e. The van der Waals surface area contributed by atoms with Crippen LogP contribution in [0.3, 0.4) is 0 Å². The minimum absolute atomic E-state index is 0.389. The summed E-state index contributed by atoms with van der Waals surface area (Å²) in [6, 6.07) is 0. The lowest BCUT2D eigenvalue weighted by molar-refractivity contribution is 0.0164. The van der Waals surface area contributed by atoms with Crippen LogP contribution in [-0.4, -0.2) is 44.0 Å². The lowest BCUT2D eigenvalue weighted by atomic mass is 9.83. The summed E-state index contributed by atoms with van der Waals surface area (Å²) in [6.45, 7) is 0.919. The lowest BCUT2D eigenvalue weighted by Gasteiger charge is -2.38. The first kappa shape index (κ1) is 11.5. The van der Waals surface area contributed by atoms with E-state index in [2.05, 4.69) is 0 Å². The number of aliphatic hydroxyl groups excluding tert-OH is 1. The highest BCUT2D eigenvalue weighted by atomic mass is 16.5. The Morgan fingerprint density at radius 2 is 2.12 bits per heavy atom. The summed E-state index contributed by atoms with van der Waals surface area (Å²) in [6.07, 6.45) is 3.33. The van der Waals surface area contributed by atoms with Crippen LogP contribution < -0.4 is 0 Å². The maximum absolute atomic E-state index is 10.1. The number of rotatable bonds is 2. The standard InChI is InChI=1S/C12H19NO3/c1-13-5-4-8-6-10(15-2)11(16-3)7-9(8)12(13)14/h7-8,12,14H,4-6H2,1-3H3. The second-order valence-corrected chi connectivity index (χ2v) is 4.38. The van der Waals surface area contributed by atoms with Crippen molar-refractivity contribution in [3.05, 3.63) is 23.2 Å². The van der Waals surface area contributed by atoms with Gasteiger partial charge in [0.05, 0.1) is 14.2 Å². The molecule has 1 fully saturated rings. The van der Waals surface area contributed by atoms with Crippen molar-refractivity contribution in [2.45, 2.75) is 19.1 Å². The predicted molar refractivity (Wildman–Crippen MR) is 60.5 cm³/mol. The van der Waals surface area contributed by atoms with Gasteiger partial charge in [0, 0.05) is 13.0 Å². The van der Waals surface area contributed by atoms with Crippen LogP contribution in [0.4, 0.5) is 0 Å². The zero-order chi connectivity index (χ0) is 11.7. The number of methoxy groups -OCH3 is 2. The maximum atomic E-state index is 10.1. The van der Waals surface area contributed by atoms with Crippen molar-refractivity contribution in [1.29, 1.82) is 0 Å². The smallest absolute Gasteiger partial charge is 0.156 e. The van der Waals surface area contributed by atoms with Crippen LogP contribution in [0.1, 0.15) is 12.8 Å². The Labute approximate surface area is 96.1 Å². The third-order valence-corrected chi connectivity index (χ3v) is 3.49. The van der Waals surface area contributed by atoms with Crippen molar-refractivity contribution in [3.63, 3.8) is 0 Å². The van der Waals surface area contributed by atoms with Gasteiger partial charge < -0.3 is 14.6 Å². The fourth-order valence-electron chi connectivity index (χ4n) is 2.44. The quantitative estimate of drug-likeness (QED) is 0.764. The Morgan fingerprint density at radius 1 is 1.38 bits per heavy atom. The molecule has 0 amide bonds. The van der Waals surface area contributed by atoms with E-state index in [1.165, 1.54) is 0 Å². The van der Waals surface area contributed by atoms with Crippen LogP contribution in [0, 0.1) is 5.92 Å². The van der Waals surface area contributed by atoms with E-state index in [-0.39, 0.29) is 0 Å². The molecule has 0 spiro atoms. The Morgan fingerprint density at radius 3 is 2.75 bits per heavy atom. The average molecular weight is 225 g/mol. The second-order valence-electron chi connectivity index (χ2n) is 4.38. The second kappa shape index (κ2) is 4.47. The first-order chi connectivity index (χ1) is 7.67. The Bertz CT molecular complexity index is 335. The molecule has 0 aromatic carbocycles. The first-order valence-electron chi connectivity index (χ1n) is 5.58. The van der Waals surface area contributed by atoms with E-state index in [1.807, 2.05) is 18.0 Å². The molecule has 4 heteroatoms. The molecule has 0 aromatic heterocycles. The number of nitrogens with zero attached hydrogens (tertiary/aromatic N) is 1. The molecule has 0 radical (unpaired) electrons.